The lowest BCUT2D eigenvalue weighted by Crippen LogP contribution is -2.28. The van der Waals surface area contributed by atoms with E-state index in [1.54, 1.807) is 13.0 Å². The Balaban J connectivity index is 2.56. The van der Waals surface area contributed by atoms with Crippen molar-refractivity contribution in [2.75, 3.05) is 0 Å². The van der Waals surface area contributed by atoms with Gasteiger partial charge in [-0.15, -0.1) is 0 Å². The molecule has 0 heterocycles. The molecule has 3 atom stereocenters. The van der Waals surface area contributed by atoms with Crippen LogP contribution in [0.2, 0.25) is 0 Å². The number of rotatable bonds is 13. The molecule has 3 heteroatoms. The topological polar surface area (TPSA) is 57.5 Å². The zero-order valence-corrected chi connectivity index (χ0v) is 23.5. The van der Waals surface area contributed by atoms with E-state index in [4.69, 9.17) is 0 Å². The second-order valence-corrected chi connectivity index (χ2v) is 11.5. The number of aliphatic hydroxyl groups is 2. The van der Waals surface area contributed by atoms with Crippen LogP contribution in [0, 0.1) is 17.3 Å². The summed E-state index contributed by atoms with van der Waals surface area (Å²) in [5, 5.41) is 20.3. The molecule has 0 radical (unpaired) electrons. The summed E-state index contributed by atoms with van der Waals surface area (Å²) in [6, 6.07) is 0. The fourth-order valence-corrected chi connectivity index (χ4v) is 4.99. The average molecular weight is 483 g/mol. The Bertz CT molecular complexity index is 876. The highest BCUT2D eigenvalue weighted by Gasteiger charge is 2.31. The molecule has 1 rings (SSSR count). The lowest BCUT2D eigenvalue weighted by Gasteiger charge is -2.35. The van der Waals surface area contributed by atoms with Crippen molar-refractivity contribution in [3.05, 3.63) is 70.6 Å². The molecule has 0 aromatic carbocycles. The van der Waals surface area contributed by atoms with Crippen LogP contribution in [0.15, 0.2) is 70.6 Å². The minimum absolute atomic E-state index is 0.0109. The molecule has 1 aliphatic carbocycles. The quantitative estimate of drug-likeness (QED) is 0.204. The fraction of sp³-hybridized carbons (Fsp3) is 0.594. The van der Waals surface area contributed by atoms with Gasteiger partial charge in [0.25, 0.3) is 0 Å². The first kappa shape index (κ1) is 30.9. The predicted octanol–water partition coefficient (Wildman–Crippen LogP) is 8.74. The van der Waals surface area contributed by atoms with Crippen LogP contribution in [0.3, 0.4) is 0 Å². The molecular weight excluding hydrogens is 432 g/mol. The van der Waals surface area contributed by atoms with Crippen molar-refractivity contribution in [2.45, 2.75) is 106 Å². The molecule has 0 fully saturated rings. The molecule has 3 unspecified atom stereocenters. The summed E-state index contributed by atoms with van der Waals surface area (Å²) in [4.78, 5) is 11.2. The number of hydrogen-bond acceptors (Lipinski definition) is 3. The van der Waals surface area contributed by atoms with Crippen molar-refractivity contribution in [3.63, 3.8) is 0 Å². The van der Waals surface area contributed by atoms with Gasteiger partial charge in [0.05, 0.1) is 6.10 Å². The molecule has 0 aromatic heterocycles. The largest absolute Gasteiger partial charge is 0.508 e. The van der Waals surface area contributed by atoms with Gasteiger partial charge in [-0.3, -0.25) is 0 Å². The first-order chi connectivity index (χ1) is 16.3. The van der Waals surface area contributed by atoms with Gasteiger partial charge in [0.15, 0.2) is 0 Å². The predicted molar refractivity (Wildman–Crippen MR) is 150 cm³/mol. The third-order valence-corrected chi connectivity index (χ3v) is 6.84. The Morgan fingerprint density at radius 3 is 2.37 bits per heavy atom. The number of aliphatic hydroxyl groups excluding tert-OH is 2. The number of hydrogen-bond donors (Lipinski definition) is 2. The summed E-state index contributed by atoms with van der Waals surface area (Å²) < 4.78 is 0. The Morgan fingerprint density at radius 1 is 1.09 bits per heavy atom. The molecule has 0 aromatic rings. The van der Waals surface area contributed by atoms with E-state index >= 15 is 0 Å². The van der Waals surface area contributed by atoms with Gasteiger partial charge in [0.2, 0.25) is 0 Å². The molecule has 0 bridgehead atoms. The zero-order valence-electron chi connectivity index (χ0n) is 23.5. The highest BCUT2D eigenvalue weighted by atomic mass is 16.3. The Morgan fingerprint density at radius 2 is 1.74 bits per heavy atom. The maximum absolute atomic E-state index is 11.2. The molecular formula is C32H50O3. The summed E-state index contributed by atoms with van der Waals surface area (Å²) >= 11 is 0. The number of Topliss-reactive ketones (excluding diaryl/α,β-unsaturated/α-hetero) is 1. The van der Waals surface area contributed by atoms with Crippen LogP contribution in [-0.2, 0) is 4.79 Å². The number of carbonyl (C=O) groups is 1. The maximum atomic E-state index is 11.2. The summed E-state index contributed by atoms with van der Waals surface area (Å²) in [5.74, 6) is 1.56. The van der Waals surface area contributed by atoms with E-state index in [1.165, 1.54) is 11.1 Å². The van der Waals surface area contributed by atoms with Crippen molar-refractivity contribution in [3.8, 4) is 0 Å². The van der Waals surface area contributed by atoms with Crippen molar-refractivity contribution in [1.29, 1.82) is 0 Å². The average Bonchev–Trinajstić information content (AvgIpc) is 2.70. The van der Waals surface area contributed by atoms with Gasteiger partial charge < -0.3 is 15.0 Å². The SMILES string of the molecule is CC(=O)CC(C)CCCC(C)C/C=C(O)/C=C(C)/C=C/C=C(C)/C=C/C1=C(C)CC(O)CC1(C)C. The van der Waals surface area contributed by atoms with Gasteiger partial charge in [-0.25, -0.2) is 0 Å². The van der Waals surface area contributed by atoms with E-state index in [0.29, 0.717) is 24.0 Å². The van der Waals surface area contributed by atoms with Crippen LogP contribution in [0.25, 0.3) is 0 Å². The Labute approximate surface area is 215 Å². The highest BCUT2D eigenvalue weighted by molar-refractivity contribution is 5.75. The van der Waals surface area contributed by atoms with Crippen LogP contribution in [-0.4, -0.2) is 22.1 Å². The Hall–Kier alpha value is -2.13. The van der Waals surface area contributed by atoms with Gasteiger partial charge in [0.1, 0.15) is 11.5 Å². The van der Waals surface area contributed by atoms with Crippen molar-refractivity contribution in [1.82, 2.24) is 0 Å². The number of carbonyl (C=O) groups excluding carboxylic acids is 1. The monoisotopic (exact) mass is 482 g/mol. The van der Waals surface area contributed by atoms with Gasteiger partial charge in [-0.1, -0.05) is 88.5 Å². The standard InChI is InChI=1S/C32H50O3/c1-23(11-9-13-25(3)19-28(6)33)15-17-29(34)20-26(4)14-10-12-24(2)16-18-31-27(5)21-30(35)22-32(31,7)8/h10,12,14,16-18,20,23,25,30,34-35H,9,11,13,15,19,21-22H2,1-8H3/b14-10+,18-16+,24-12+,26-20+,29-17-. The van der Waals surface area contributed by atoms with Crippen LogP contribution in [0.1, 0.15) is 100 Å². The van der Waals surface area contributed by atoms with Gasteiger partial charge >= 0.3 is 0 Å². The summed E-state index contributed by atoms with van der Waals surface area (Å²) in [5.41, 5.74) is 4.74. The van der Waals surface area contributed by atoms with Crippen LogP contribution in [0.4, 0.5) is 0 Å². The third-order valence-electron chi connectivity index (χ3n) is 6.84. The summed E-state index contributed by atoms with van der Waals surface area (Å²) in [7, 11) is 0. The molecule has 35 heavy (non-hydrogen) atoms. The van der Waals surface area contributed by atoms with E-state index in [-0.39, 0.29) is 17.3 Å². The molecule has 2 N–H and O–H groups in total. The molecule has 196 valence electrons. The first-order valence-corrected chi connectivity index (χ1v) is 13.3. The normalized spacial score (nSPS) is 21.7. The van der Waals surface area contributed by atoms with Gasteiger partial charge in [-0.2, -0.15) is 0 Å². The molecule has 1 aliphatic rings. The van der Waals surface area contributed by atoms with Crippen LogP contribution >= 0.6 is 0 Å². The Kier molecular flexibility index (Phi) is 13.3. The zero-order chi connectivity index (χ0) is 26.6. The number of allylic oxidation sites excluding steroid dienone is 10. The maximum Gasteiger partial charge on any atom is 0.130 e. The van der Waals surface area contributed by atoms with Crippen molar-refractivity contribution >= 4 is 5.78 Å². The lowest BCUT2D eigenvalue weighted by molar-refractivity contribution is -0.117. The second kappa shape index (κ2) is 15.1. The first-order valence-electron chi connectivity index (χ1n) is 13.3. The third kappa shape index (κ3) is 12.9. The van der Waals surface area contributed by atoms with E-state index in [9.17, 15) is 15.0 Å². The fourth-order valence-electron chi connectivity index (χ4n) is 4.99. The van der Waals surface area contributed by atoms with E-state index in [2.05, 4.69) is 59.8 Å². The second-order valence-electron chi connectivity index (χ2n) is 11.5. The molecule has 0 aliphatic heterocycles. The molecule has 0 amide bonds. The van der Waals surface area contributed by atoms with Gasteiger partial charge in [0, 0.05) is 6.42 Å². The minimum Gasteiger partial charge on any atom is -0.508 e. The van der Waals surface area contributed by atoms with Crippen LogP contribution in [0.5, 0.6) is 0 Å². The lowest BCUT2D eigenvalue weighted by atomic mass is 9.71. The van der Waals surface area contributed by atoms with E-state index in [1.807, 2.05) is 25.2 Å². The number of ketones is 1. The van der Waals surface area contributed by atoms with E-state index < -0.39 is 0 Å². The molecule has 0 spiro atoms. The smallest absolute Gasteiger partial charge is 0.130 e. The molecule has 0 saturated heterocycles. The van der Waals surface area contributed by atoms with Gasteiger partial charge in [-0.05, 0) is 87.5 Å². The molecule has 0 saturated carbocycles. The summed E-state index contributed by atoms with van der Waals surface area (Å²) in [6.45, 7) is 16.6. The van der Waals surface area contributed by atoms with Crippen LogP contribution < -0.4 is 0 Å². The summed E-state index contributed by atoms with van der Waals surface area (Å²) in [6.07, 6.45) is 20.3. The molecule has 3 nitrogen and oxygen atoms in total. The highest BCUT2D eigenvalue weighted by Crippen LogP contribution is 2.41. The minimum atomic E-state index is -0.238. The van der Waals surface area contributed by atoms with Crippen molar-refractivity contribution in [2.24, 2.45) is 17.3 Å². The van der Waals surface area contributed by atoms with E-state index in [0.717, 1.165) is 49.7 Å². The van der Waals surface area contributed by atoms with Crippen molar-refractivity contribution < 1.29 is 15.0 Å².